The summed E-state index contributed by atoms with van der Waals surface area (Å²) in [6.07, 6.45) is 0. The predicted molar refractivity (Wildman–Crippen MR) is 102 cm³/mol. The van der Waals surface area contributed by atoms with Gasteiger partial charge in [-0.15, -0.1) is 0 Å². The predicted octanol–water partition coefficient (Wildman–Crippen LogP) is 5.31. The first-order valence-electron chi connectivity index (χ1n) is 8.03. The van der Waals surface area contributed by atoms with Gasteiger partial charge >= 0.3 is 0 Å². The molecule has 0 spiro atoms. The van der Waals surface area contributed by atoms with Crippen molar-refractivity contribution in [2.45, 2.75) is 6.92 Å². The molecule has 0 atom stereocenters. The zero-order valence-electron chi connectivity index (χ0n) is 13.9. The van der Waals surface area contributed by atoms with Crippen LogP contribution in [0, 0.1) is 6.92 Å². The SMILES string of the molecule is Cc1ccc2cccc(O)c2n1.Oc1cccc(-c2ccccc2)c1. The molecule has 2 N–H and O–H groups in total. The van der Waals surface area contributed by atoms with Crippen LogP contribution < -0.4 is 0 Å². The van der Waals surface area contributed by atoms with Gasteiger partial charge in [-0.2, -0.15) is 0 Å². The number of aromatic nitrogens is 1. The Morgan fingerprint density at radius 2 is 1.40 bits per heavy atom. The maximum absolute atomic E-state index is 9.43. The first-order valence-corrected chi connectivity index (χ1v) is 8.03. The first kappa shape index (κ1) is 16.5. The normalized spacial score (nSPS) is 10.1. The molecule has 3 aromatic carbocycles. The van der Waals surface area contributed by atoms with Crippen molar-refractivity contribution in [2.75, 3.05) is 0 Å². The van der Waals surface area contributed by atoms with Crippen LogP contribution >= 0.6 is 0 Å². The summed E-state index contributed by atoms with van der Waals surface area (Å²) in [5.74, 6) is 0.553. The van der Waals surface area contributed by atoms with Crippen molar-refractivity contribution in [3.63, 3.8) is 0 Å². The van der Waals surface area contributed by atoms with Crippen LogP contribution in [0.1, 0.15) is 5.69 Å². The smallest absolute Gasteiger partial charge is 0.141 e. The van der Waals surface area contributed by atoms with Crippen molar-refractivity contribution in [3.05, 3.63) is 90.6 Å². The van der Waals surface area contributed by atoms with Crippen LogP contribution in [-0.2, 0) is 0 Å². The molecule has 25 heavy (non-hydrogen) atoms. The van der Waals surface area contributed by atoms with Crippen molar-refractivity contribution in [3.8, 4) is 22.6 Å². The Bertz CT molecular complexity index is 981. The lowest BCUT2D eigenvalue weighted by Gasteiger charge is -2.00. The first-order chi connectivity index (χ1) is 12.1. The summed E-state index contributed by atoms with van der Waals surface area (Å²) < 4.78 is 0. The van der Waals surface area contributed by atoms with E-state index in [0.29, 0.717) is 11.3 Å². The Kier molecular flexibility index (Phi) is 4.95. The third kappa shape index (κ3) is 4.15. The molecule has 0 saturated carbocycles. The van der Waals surface area contributed by atoms with Gasteiger partial charge in [-0.3, -0.25) is 0 Å². The Morgan fingerprint density at radius 1 is 0.680 bits per heavy atom. The minimum Gasteiger partial charge on any atom is -0.508 e. The molecule has 1 heterocycles. The van der Waals surface area contributed by atoms with Crippen LogP contribution in [0.25, 0.3) is 22.0 Å². The van der Waals surface area contributed by atoms with Gasteiger partial charge in [0, 0.05) is 11.1 Å². The zero-order chi connectivity index (χ0) is 17.6. The number of benzene rings is 3. The highest BCUT2D eigenvalue weighted by molar-refractivity contribution is 5.84. The van der Waals surface area contributed by atoms with E-state index in [2.05, 4.69) is 4.98 Å². The molecule has 0 saturated heterocycles. The molecule has 4 aromatic rings. The van der Waals surface area contributed by atoms with Crippen LogP contribution in [0.5, 0.6) is 11.5 Å². The van der Waals surface area contributed by atoms with Crippen molar-refractivity contribution in [1.82, 2.24) is 4.98 Å². The van der Waals surface area contributed by atoms with Gasteiger partial charge in [0.15, 0.2) is 0 Å². The number of hydrogen-bond donors (Lipinski definition) is 2. The number of rotatable bonds is 1. The lowest BCUT2D eigenvalue weighted by Crippen LogP contribution is -1.82. The molecule has 0 bridgehead atoms. The number of phenolic OH excluding ortho intramolecular Hbond substituents is 2. The number of fused-ring (bicyclic) bond motifs is 1. The van der Waals surface area contributed by atoms with E-state index >= 15 is 0 Å². The second kappa shape index (κ2) is 7.49. The maximum Gasteiger partial charge on any atom is 0.141 e. The minimum atomic E-state index is 0.246. The van der Waals surface area contributed by atoms with Gasteiger partial charge in [0.1, 0.15) is 17.0 Å². The second-order valence-electron chi connectivity index (χ2n) is 5.72. The van der Waals surface area contributed by atoms with Crippen molar-refractivity contribution in [2.24, 2.45) is 0 Å². The molecule has 124 valence electrons. The quantitative estimate of drug-likeness (QED) is 0.498. The number of hydrogen-bond acceptors (Lipinski definition) is 3. The zero-order valence-corrected chi connectivity index (χ0v) is 13.9. The van der Waals surface area contributed by atoms with Crippen LogP contribution in [-0.4, -0.2) is 15.2 Å². The second-order valence-corrected chi connectivity index (χ2v) is 5.72. The molecule has 0 aliphatic rings. The fraction of sp³-hybridized carbons (Fsp3) is 0.0455. The molecular formula is C22H19NO2. The van der Waals surface area contributed by atoms with Crippen LogP contribution in [0.3, 0.4) is 0 Å². The number of phenols is 2. The van der Waals surface area contributed by atoms with Gasteiger partial charge < -0.3 is 10.2 Å². The number of aryl methyl sites for hydroxylation is 1. The van der Waals surface area contributed by atoms with Gasteiger partial charge in [0.05, 0.1) is 0 Å². The van der Waals surface area contributed by atoms with E-state index in [9.17, 15) is 10.2 Å². The topological polar surface area (TPSA) is 53.4 Å². The molecular weight excluding hydrogens is 310 g/mol. The molecule has 4 rings (SSSR count). The molecule has 0 aliphatic carbocycles. The van der Waals surface area contributed by atoms with Crippen molar-refractivity contribution >= 4 is 10.9 Å². The molecule has 0 unspecified atom stereocenters. The molecule has 0 amide bonds. The van der Waals surface area contributed by atoms with E-state index in [1.165, 1.54) is 0 Å². The van der Waals surface area contributed by atoms with Gasteiger partial charge in [0.2, 0.25) is 0 Å². The Morgan fingerprint density at radius 3 is 2.16 bits per heavy atom. The average Bonchev–Trinajstić information content (AvgIpc) is 2.64. The third-order valence-electron chi connectivity index (χ3n) is 3.79. The lowest BCUT2D eigenvalue weighted by molar-refractivity contribution is 0.475. The van der Waals surface area contributed by atoms with E-state index in [1.54, 1.807) is 18.2 Å². The lowest BCUT2D eigenvalue weighted by atomic mass is 10.1. The standard InChI is InChI=1S/C12H10O.C10H9NO/c13-12-8-4-7-11(9-12)10-5-2-1-3-6-10;1-7-5-6-8-3-2-4-9(12)10(8)11-7/h1-9,13H;2-6,12H,1H3. The number of para-hydroxylation sites is 1. The van der Waals surface area contributed by atoms with Crippen LogP contribution in [0.15, 0.2) is 84.9 Å². The molecule has 0 radical (unpaired) electrons. The summed E-state index contributed by atoms with van der Waals surface area (Å²) in [7, 11) is 0. The van der Waals surface area contributed by atoms with E-state index in [-0.39, 0.29) is 5.75 Å². The summed E-state index contributed by atoms with van der Waals surface area (Å²) in [5, 5.41) is 19.7. The number of aromatic hydroxyl groups is 2. The molecule has 0 aliphatic heterocycles. The van der Waals surface area contributed by atoms with Crippen molar-refractivity contribution in [1.29, 1.82) is 0 Å². The third-order valence-corrected chi connectivity index (χ3v) is 3.79. The molecule has 3 nitrogen and oxygen atoms in total. The summed E-state index contributed by atoms with van der Waals surface area (Å²) in [6.45, 7) is 1.91. The van der Waals surface area contributed by atoms with Gasteiger partial charge in [0.25, 0.3) is 0 Å². The number of nitrogens with zero attached hydrogens (tertiary/aromatic N) is 1. The average molecular weight is 329 g/mol. The van der Waals surface area contributed by atoms with Gasteiger partial charge in [-0.1, -0.05) is 60.7 Å². The highest BCUT2D eigenvalue weighted by Crippen LogP contribution is 2.23. The largest absolute Gasteiger partial charge is 0.508 e. The Hall–Kier alpha value is -3.33. The van der Waals surface area contributed by atoms with E-state index in [4.69, 9.17) is 0 Å². The summed E-state index contributed by atoms with van der Waals surface area (Å²) in [5.41, 5.74) is 3.76. The van der Waals surface area contributed by atoms with Crippen molar-refractivity contribution < 1.29 is 10.2 Å². The fourth-order valence-corrected chi connectivity index (χ4v) is 2.55. The molecule has 3 heteroatoms. The van der Waals surface area contributed by atoms with Gasteiger partial charge in [-0.25, -0.2) is 4.98 Å². The summed E-state index contributed by atoms with van der Waals surface area (Å²) in [6, 6.07) is 26.5. The summed E-state index contributed by atoms with van der Waals surface area (Å²) >= 11 is 0. The molecule has 0 fully saturated rings. The Balaban J connectivity index is 0.000000146. The Labute approximate surface area is 146 Å². The molecule has 1 aromatic heterocycles. The highest BCUT2D eigenvalue weighted by Gasteiger charge is 1.99. The minimum absolute atomic E-state index is 0.246. The number of pyridine rings is 1. The fourth-order valence-electron chi connectivity index (χ4n) is 2.55. The van der Waals surface area contributed by atoms with Crippen LogP contribution in [0.4, 0.5) is 0 Å². The van der Waals surface area contributed by atoms with Crippen LogP contribution in [0.2, 0.25) is 0 Å². The van der Waals surface area contributed by atoms with E-state index < -0.39 is 0 Å². The van der Waals surface area contributed by atoms with E-state index in [0.717, 1.165) is 22.2 Å². The maximum atomic E-state index is 9.43. The van der Waals surface area contributed by atoms with E-state index in [1.807, 2.05) is 73.7 Å². The monoisotopic (exact) mass is 329 g/mol. The summed E-state index contributed by atoms with van der Waals surface area (Å²) in [4.78, 5) is 4.23. The van der Waals surface area contributed by atoms with Gasteiger partial charge in [-0.05, 0) is 42.3 Å². The highest BCUT2D eigenvalue weighted by atomic mass is 16.3.